The number of hydrogen-bond donors (Lipinski definition) is 1. The molecule has 6 heteroatoms. The molecule has 1 N–H and O–H groups in total. The maximum atomic E-state index is 12.2. The molecule has 130 valence electrons. The van der Waals surface area contributed by atoms with E-state index in [1.165, 1.54) is 5.69 Å². The van der Waals surface area contributed by atoms with Crippen LogP contribution in [0, 0.1) is 5.92 Å². The minimum atomic E-state index is -0.434. The van der Waals surface area contributed by atoms with Crippen molar-refractivity contribution in [2.24, 2.45) is 13.0 Å². The van der Waals surface area contributed by atoms with E-state index in [9.17, 15) is 4.79 Å². The van der Waals surface area contributed by atoms with Crippen LogP contribution in [0.4, 0.5) is 4.79 Å². The minimum absolute atomic E-state index is 0.193. The third-order valence-corrected chi connectivity index (χ3v) is 4.19. The first-order chi connectivity index (χ1) is 10.8. The number of amides is 1. The highest BCUT2D eigenvalue weighted by atomic mass is 16.6. The summed E-state index contributed by atoms with van der Waals surface area (Å²) in [6.07, 6.45) is 3.80. The summed E-state index contributed by atoms with van der Waals surface area (Å²) in [7, 11) is 1.96. The first kappa shape index (κ1) is 17.8. The number of aryl methyl sites for hydroxylation is 1. The van der Waals surface area contributed by atoms with Crippen LogP contribution in [0.3, 0.4) is 0 Å². The van der Waals surface area contributed by atoms with Crippen LogP contribution in [-0.4, -0.2) is 46.0 Å². The molecule has 1 fully saturated rings. The number of likely N-dealkylation sites (tertiary alicyclic amines) is 1. The molecule has 2 atom stereocenters. The Labute approximate surface area is 139 Å². The van der Waals surface area contributed by atoms with E-state index in [0.29, 0.717) is 5.92 Å². The Hall–Kier alpha value is -1.56. The van der Waals surface area contributed by atoms with Crippen molar-refractivity contribution in [3.05, 3.63) is 18.0 Å². The van der Waals surface area contributed by atoms with Gasteiger partial charge in [-0.05, 0) is 52.5 Å². The van der Waals surface area contributed by atoms with Crippen LogP contribution < -0.4 is 5.32 Å². The van der Waals surface area contributed by atoms with Crippen molar-refractivity contribution < 1.29 is 9.53 Å². The molecule has 2 rings (SSSR count). The lowest BCUT2D eigenvalue weighted by molar-refractivity contribution is 0.0165. The fourth-order valence-corrected chi connectivity index (χ4v) is 2.98. The predicted molar refractivity (Wildman–Crippen MR) is 90.2 cm³/mol. The van der Waals surface area contributed by atoms with Gasteiger partial charge in [0.2, 0.25) is 0 Å². The lowest BCUT2D eigenvalue weighted by Gasteiger charge is -2.34. The first-order valence-electron chi connectivity index (χ1n) is 8.45. The van der Waals surface area contributed by atoms with Gasteiger partial charge in [0, 0.05) is 38.9 Å². The van der Waals surface area contributed by atoms with Crippen LogP contribution >= 0.6 is 0 Å². The molecule has 1 aromatic heterocycles. The zero-order valence-corrected chi connectivity index (χ0v) is 15.0. The van der Waals surface area contributed by atoms with Crippen molar-refractivity contribution in [1.82, 2.24) is 20.0 Å². The lowest BCUT2D eigenvalue weighted by atomic mass is 9.98. The minimum Gasteiger partial charge on any atom is -0.444 e. The molecule has 0 saturated carbocycles. The molecular formula is C17H30N4O2. The van der Waals surface area contributed by atoms with Crippen molar-refractivity contribution in [3.63, 3.8) is 0 Å². The fourth-order valence-electron chi connectivity index (χ4n) is 2.98. The molecule has 0 bridgehead atoms. The summed E-state index contributed by atoms with van der Waals surface area (Å²) < 4.78 is 7.38. The number of carbonyl (C=O) groups excluding carboxylic acids is 1. The number of carbonyl (C=O) groups is 1. The van der Waals surface area contributed by atoms with Crippen molar-refractivity contribution in [2.45, 2.75) is 52.2 Å². The van der Waals surface area contributed by atoms with Crippen LogP contribution in [0.5, 0.6) is 0 Å². The number of piperidine rings is 1. The van der Waals surface area contributed by atoms with E-state index in [-0.39, 0.29) is 12.1 Å². The van der Waals surface area contributed by atoms with Gasteiger partial charge in [-0.25, -0.2) is 4.79 Å². The van der Waals surface area contributed by atoms with Crippen LogP contribution in [0.1, 0.15) is 52.3 Å². The second-order valence-electron chi connectivity index (χ2n) is 7.44. The summed E-state index contributed by atoms with van der Waals surface area (Å²) in [4.78, 5) is 14.0. The number of aromatic nitrogens is 2. The van der Waals surface area contributed by atoms with Gasteiger partial charge in [-0.3, -0.25) is 4.68 Å². The second kappa shape index (κ2) is 7.34. The molecule has 1 saturated heterocycles. The summed E-state index contributed by atoms with van der Waals surface area (Å²) >= 11 is 0. The third kappa shape index (κ3) is 5.23. The van der Waals surface area contributed by atoms with Gasteiger partial charge >= 0.3 is 6.09 Å². The lowest BCUT2D eigenvalue weighted by Crippen LogP contribution is -2.45. The Morgan fingerprint density at radius 3 is 2.87 bits per heavy atom. The molecule has 1 amide bonds. The predicted octanol–water partition coefficient (Wildman–Crippen LogP) is 2.72. The van der Waals surface area contributed by atoms with E-state index in [1.54, 1.807) is 0 Å². The number of nitrogens with zero attached hydrogens (tertiary/aromatic N) is 3. The molecule has 6 nitrogen and oxygen atoms in total. The largest absolute Gasteiger partial charge is 0.444 e. The topological polar surface area (TPSA) is 59.4 Å². The Kier molecular flexibility index (Phi) is 5.68. The highest BCUT2D eigenvalue weighted by Crippen LogP contribution is 2.20. The van der Waals surface area contributed by atoms with Gasteiger partial charge in [0.25, 0.3) is 0 Å². The Morgan fingerprint density at radius 2 is 2.26 bits per heavy atom. The quantitative estimate of drug-likeness (QED) is 0.926. The summed E-state index contributed by atoms with van der Waals surface area (Å²) in [5.74, 6) is 0.465. The maximum absolute atomic E-state index is 12.2. The van der Waals surface area contributed by atoms with Gasteiger partial charge in [0.15, 0.2) is 0 Å². The summed E-state index contributed by atoms with van der Waals surface area (Å²) in [6.45, 7) is 10.3. The zero-order chi connectivity index (χ0) is 17.0. The number of ether oxygens (including phenoxy) is 1. The first-order valence-corrected chi connectivity index (χ1v) is 8.45. The number of hydrogen-bond acceptors (Lipinski definition) is 4. The SMILES string of the molecule is CC(NCC1CCCN(C(=O)OC(C)(C)C)C1)c1ccnn1C. The van der Waals surface area contributed by atoms with Gasteiger partial charge < -0.3 is 15.0 Å². The highest BCUT2D eigenvalue weighted by molar-refractivity contribution is 5.68. The molecule has 1 aliphatic rings. The molecule has 1 aromatic rings. The molecule has 0 spiro atoms. The molecule has 1 aliphatic heterocycles. The number of rotatable bonds is 4. The van der Waals surface area contributed by atoms with Gasteiger partial charge in [-0.15, -0.1) is 0 Å². The molecule has 2 unspecified atom stereocenters. The third-order valence-electron chi connectivity index (χ3n) is 4.19. The molecule has 23 heavy (non-hydrogen) atoms. The summed E-state index contributed by atoms with van der Waals surface area (Å²) in [5, 5.41) is 7.77. The van der Waals surface area contributed by atoms with E-state index < -0.39 is 5.60 Å². The average molecular weight is 322 g/mol. The van der Waals surface area contributed by atoms with Crippen molar-refractivity contribution in [1.29, 1.82) is 0 Å². The van der Waals surface area contributed by atoms with Gasteiger partial charge in [-0.2, -0.15) is 5.10 Å². The highest BCUT2D eigenvalue weighted by Gasteiger charge is 2.27. The fraction of sp³-hybridized carbons (Fsp3) is 0.765. The van der Waals surface area contributed by atoms with Crippen molar-refractivity contribution in [2.75, 3.05) is 19.6 Å². The average Bonchev–Trinajstić information content (AvgIpc) is 2.89. The van der Waals surface area contributed by atoms with Crippen molar-refractivity contribution >= 4 is 6.09 Å². The van der Waals surface area contributed by atoms with E-state index in [2.05, 4.69) is 17.3 Å². The Morgan fingerprint density at radius 1 is 1.52 bits per heavy atom. The van der Waals surface area contributed by atoms with Gasteiger partial charge in [-0.1, -0.05) is 0 Å². The van der Waals surface area contributed by atoms with E-state index >= 15 is 0 Å². The second-order valence-corrected chi connectivity index (χ2v) is 7.44. The van der Waals surface area contributed by atoms with Crippen molar-refractivity contribution in [3.8, 4) is 0 Å². The summed E-state index contributed by atoms with van der Waals surface area (Å²) in [6, 6.07) is 2.28. The maximum Gasteiger partial charge on any atom is 0.410 e. The van der Waals surface area contributed by atoms with Crippen LogP contribution in [0.2, 0.25) is 0 Å². The van der Waals surface area contributed by atoms with E-state index in [4.69, 9.17) is 4.74 Å². The Bertz CT molecular complexity index is 521. The molecular weight excluding hydrogens is 292 g/mol. The Balaban J connectivity index is 1.82. The molecule has 2 heterocycles. The molecule has 0 radical (unpaired) electrons. The van der Waals surface area contributed by atoms with Crippen LogP contribution in [0.25, 0.3) is 0 Å². The summed E-state index contributed by atoms with van der Waals surface area (Å²) in [5.41, 5.74) is 0.737. The molecule has 0 aromatic carbocycles. The monoisotopic (exact) mass is 322 g/mol. The smallest absolute Gasteiger partial charge is 0.410 e. The normalized spacial score (nSPS) is 20.4. The molecule has 0 aliphatic carbocycles. The number of nitrogens with one attached hydrogen (secondary N) is 1. The van der Waals surface area contributed by atoms with E-state index in [1.807, 2.05) is 49.7 Å². The van der Waals surface area contributed by atoms with Crippen LogP contribution in [-0.2, 0) is 11.8 Å². The van der Waals surface area contributed by atoms with E-state index in [0.717, 1.165) is 32.5 Å². The van der Waals surface area contributed by atoms with Gasteiger partial charge in [0.1, 0.15) is 5.60 Å². The zero-order valence-electron chi connectivity index (χ0n) is 15.0. The standard InChI is InChI=1S/C17H30N4O2/c1-13(15-8-9-19-20(15)5)18-11-14-7-6-10-21(12-14)16(22)23-17(2,3)4/h8-9,13-14,18H,6-7,10-12H2,1-5H3. The van der Waals surface area contributed by atoms with Gasteiger partial charge in [0.05, 0.1) is 5.69 Å². The van der Waals surface area contributed by atoms with Crippen LogP contribution in [0.15, 0.2) is 12.3 Å².